The molecule has 1 N–H and O–H groups in total. The summed E-state index contributed by atoms with van der Waals surface area (Å²) >= 11 is 6.51. The second-order valence-electron chi connectivity index (χ2n) is 2.69. The van der Waals surface area contributed by atoms with Gasteiger partial charge < -0.3 is 10.1 Å². The molecule has 0 fully saturated rings. The first-order chi connectivity index (χ1) is 7.34. The van der Waals surface area contributed by atoms with Crippen LogP contribution >= 0.6 is 23.1 Å². The van der Waals surface area contributed by atoms with Gasteiger partial charge in [-0.15, -0.1) is 16.7 Å². The summed E-state index contributed by atoms with van der Waals surface area (Å²) in [5, 5.41) is 6.32. The number of hydrogen-bond donors (Lipinski definition) is 1. The van der Waals surface area contributed by atoms with E-state index < -0.39 is 0 Å². The maximum absolute atomic E-state index is 11.4. The van der Waals surface area contributed by atoms with Gasteiger partial charge in [0.25, 0.3) is 5.91 Å². The van der Waals surface area contributed by atoms with Gasteiger partial charge in [-0.3, -0.25) is 4.79 Å². The van der Waals surface area contributed by atoms with Crippen LogP contribution in [-0.4, -0.2) is 41.1 Å². The van der Waals surface area contributed by atoms with Crippen LogP contribution in [0.15, 0.2) is 6.20 Å². The fraction of sp³-hybridized carbons (Fsp3) is 0.625. The third-order valence-electron chi connectivity index (χ3n) is 1.56. The number of amides is 1. The summed E-state index contributed by atoms with van der Waals surface area (Å²) in [5.74, 6) is 0.362. The first-order valence-electron chi connectivity index (χ1n) is 4.54. The van der Waals surface area contributed by atoms with Gasteiger partial charge in [0.05, 0.1) is 12.8 Å². The highest BCUT2D eigenvalue weighted by molar-refractivity contribution is 7.07. The molecule has 0 bridgehead atoms. The van der Waals surface area contributed by atoms with Gasteiger partial charge in [-0.05, 0) is 18.0 Å². The van der Waals surface area contributed by atoms with Crippen LogP contribution in [0.25, 0.3) is 0 Å². The van der Waals surface area contributed by atoms with Crippen molar-refractivity contribution in [3.63, 3.8) is 0 Å². The van der Waals surface area contributed by atoms with E-state index in [0.29, 0.717) is 30.5 Å². The maximum atomic E-state index is 11.4. The molecular weight excluding hydrogens is 238 g/mol. The smallest absolute Gasteiger partial charge is 0.264 e. The molecule has 84 valence electrons. The van der Waals surface area contributed by atoms with E-state index in [2.05, 4.69) is 14.9 Å². The van der Waals surface area contributed by atoms with E-state index in [1.54, 1.807) is 0 Å². The quantitative estimate of drug-likeness (QED) is 0.576. The lowest BCUT2D eigenvalue weighted by Crippen LogP contribution is -2.24. The fourth-order valence-electron chi connectivity index (χ4n) is 0.887. The van der Waals surface area contributed by atoms with Crippen molar-refractivity contribution < 1.29 is 9.53 Å². The van der Waals surface area contributed by atoms with Crippen molar-refractivity contribution in [1.29, 1.82) is 0 Å². The lowest BCUT2D eigenvalue weighted by Gasteiger charge is -2.03. The Balaban J connectivity index is 2.03. The average molecular weight is 250 g/mol. The van der Waals surface area contributed by atoms with Crippen LogP contribution in [0.4, 0.5) is 0 Å². The summed E-state index contributed by atoms with van der Waals surface area (Å²) in [5.41, 5.74) is 0. The van der Waals surface area contributed by atoms with Crippen LogP contribution in [0.3, 0.4) is 0 Å². The van der Waals surface area contributed by atoms with Gasteiger partial charge in [0.15, 0.2) is 0 Å². The predicted molar refractivity (Wildman–Crippen MR) is 58.4 cm³/mol. The van der Waals surface area contributed by atoms with Crippen LogP contribution in [0.1, 0.15) is 16.1 Å². The first-order valence-corrected chi connectivity index (χ1v) is 5.84. The maximum Gasteiger partial charge on any atom is 0.264 e. The van der Waals surface area contributed by atoms with Crippen LogP contribution in [-0.2, 0) is 4.74 Å². The number of carbonyl (C=O) groups is 1. The molecule has 5 nitrogen and oxygen atoms in total. The molecule has 0 aliphatic rings. The Morgan fingerprint density at radius 1 is 1.60 bits per heavy atom. The molecule has 1 aromatic rings. The van der Waals surface area contributed by atoms with E-state index in [1.807, 2.05) is 0 Å². The normalized spacial score (nSPS) is 10.2. The lowest BCUT2D eigenvalue weighted by molar-refractivity contribution is 0.0948. The minimum atomic E-state index is -0.137. The minimum absolute atomic E-state index is 0.137. The Bertz CT molecular complexity index is 281. The zero-order valence-corrected chi connectivity index (χ0v) is 9.68. The molecule has 1 rings (SSSR count). The highest BCUT2D eigenvalue weighted by Gasteiger charge is 2.06. The Hall–Kier alpha value is -0.720. The Labute approximate surface area is 96.9 Å². The van der Waals surface area contributed by atoms with Gasteiger partial charge in [0.1, 0.15) is 4.88 Å². The number of nitrogens with one attached hydrogen (secondary N) is 1. The number of carbonyl (C=O) groups excluding carboxylic acids is 1. The molecule has 0 atom stereocenters. The second kappa shape index (κ2) is 7.56. The van der Waals surface area contributed by atoms with Crippen molar-refractivity contribution in [3.8, 4) is 0 Å². The Morgan fingerprint density at radius 2 is 2.47 bits per heavy atom. The number of ether oxygens (including phenoxy) is 1. The van der Waals surface area contributed by atoms with E-state index in [4.69, 9.17) is 16.3 Å². The van der Waals surface area contributed by atoms with Gasteiger partial charge in [0.2, 0.25) is 0 Å². The van der Waals surface area contributed by atoms with Gasteiger partial charge >= 0.3 is 0 Å². The Kier molecular flexibility index (Phi) is 6.22. The van der Waals surface area contributed by atoms with Gasteiger partial charge in [-0.25, -0.2) is 0 Å². The molecule has 0 aliphatic carbocycles. The average Bonchev–Trinajstić information content (AvgIpc) is 2.76. The van der Waals surface area contributed by atoms with E-state index in [9.17, 15) is 4.79 Å². The van der Waals surface area contributed by atoms with Crippen molar-refractivity contribution in [2.45, 2.75) is 6.42 Å². The van der Waals surface area contributed by atoms with Crippen molar-refractivity contribution in [2.24, 2.45) is 0 Å². The SMILES string of the molecule is O=C(NCCCOCCCl)c1cnns1. The van der Waals surface area contributed by atoms with Crippen molar-refractivity contribution in [2.75, 3.05) is 25.6 Å². The van der Waals surface area contributed by atoms with Gasteiger partial charge in [-0.1, -0.05) is 4.49 Å². The number of alkyl halides is 1. The number of hydrogen-bond acceptors (Lipinski definition) is 5. The fourth-order valence-corrected chi connectivity index (χ4v) is 1.43. The second-order valence-corrected chi connectivity index (χ2v) is 3.86. The molecule has 0 saturated carbocycles. The largest absolute Gasteiger partial charge is 0.380 e. The number of halogens is 1. The molecule has 0 saturated heterocycles. The predicted octanol–water partition coefficient (Wildman–Crippen LogP) is 0.913. The number of rotatable bonds is 7. The molecule has 1 amide bonds. The number of nitrogens with zero attached hydrogens (tertiary/aromatic N) is 2. The number of aromatic nitrogens is 2. The topological polar surface area (TPSA) is 64.1 Å². The molecular formula is C8H12ClN3O2S. The monoisotopic (exact) mass is 249 g/mol. The highest BCUT2D eigenvalue weighted by atomic mass is 35.5. The zero-order valence-electron chi connectivity index (χ0n) is 8.11. The Morgan fingerprint density at radius 3 is 3.13 bits per heavy atom. The van der Waals surface area contributed by atoms with Crippen LogP contribution in [0.2, 0.25) is 0 Å². The zero-order chi connectivity index (χ0) is 10.9. The first kappa shape index (κ1) is 12.4. The third-order valence-corrected chi connectivity index (χ3v) is 2.38. The van der Waals surface area contributed by atoms with E-state index in [-0.39, 0.29) is 5.91 Å². The van der Waals surface area contributed by atoms with Gasteiger partial charge in [0, 0.05) is 19.0 Å². The van der Waals surface area contributed by atoms with Crippen LogP contribution in [0.5, 0.6) is 0 Å². The molecule has 7 heteroatoms. The molecule has 0 spiro atoms. The van der Waals surface area contributed by atoms with Crippen molar-refractivity contribution in [1.82, 2.24) is 14.9 Å². The standard InChI is InChI=1S/C8H12ClN3O2S/c9-2-5-14-4-1-3-10-8(13)7-6-11-12-15-7/h6H,1-5H2,(H,10,13). The van der Waals surface area contributed by atoms with E-state index in [1.165, 1.54) is 6.20 Å². The molecule has 1 heterocycles. The molecule has 1 aromatic heterocycles. The minimum Gasteiger partial charge on any atom is -0.380 e. The van der Waals surface area contributed by atoms with Crippen molar-refractivity contribution in [3.05, 3.63) is 11.1 Å². The van der Waals surface area contributed by atoms with Crippen LogP contribution in [0, 0.1) is 0 Å². The van der Waals surface area contributed by atoms with E-state index in [0.717, 1.165) is 18.0 Å². The molecule has 0 aliphatic heterocycles. The third kappa shape index (κ3) is 5.06. The lowest BCUT2D eigenvalue weighted by atomic mass is 10.4. The summed E-state index contributed by atoms with van der Waals surface area (Å²) < 4.78 is 8.75. The summed E-state index contributed by atoms with van der Waals surface area (Å²) in [7, 11) is 0. The van der Waals surface area contributed by atoms with Crippen molar-refractivity contribution >= 4 is 29.0 Å². The van der Waals surface area contributed by atoms with Crippen LogP contribution < -0.4 is 5.32 Å². The molecule has 15 heavy (non-hydrogen) atoms. The molecule has 0 aromatic carbocycles. The van der Waals surface area contributed by atoms with E-state index >= 15 is 0 Å². The summed E-state index contributed by atoms with van der Waals surface area (Å²) in [6.45, 7) is 1.74. The highest BCUT2D eigenvalue weighted by Crippen LogP contribution is 2.00. The summed E-state index contributed by atoms with van der Waals surface area (Å²) in [6, 6.07) is 0. The van der Waals surface area contributed by atoms with Gasteiger partial charge in [-0.2, -0.15) is 0 Å². The summed E-state index contributed by atoms with van der Waals surface area (Å²) in [6.07, 6.45) is 2.22. The summed E-state index contributed by atoms with van der Waals surface area (Å²) in [4.78, 5) is 11.9. The molecule has 0 radical (unpaired) electrons. The molecule has 0 unspecified atom stereocenters.